The number of carbonyl (C=O) groups excluding carboxylic acids is 1. The van der Waals surface area contributed by atoms with Gasteiger partial charge in [0.15, 0.2) is 6.29 Å². The fraction of sp³-hybridized carbons (Fsp3) is 0.656. The first-order valence-corrected chi connectivity index (χ1v) is 15.8. The van der Waals surface area contributed by atoms with E-state index in [0.717, 1.165) is 54.8 Å². The lowest BCUT2D eigenvalue weighted by molar-refractivity contribution is -0.197. The van der Waals surface area contributed by atoms with Gasteiger partial charge in [-0.05, 0) is 95.9 Å². The van der Waals surface area contributed by atoms with Crippen LogP contribution in [-0.4, -0.2) is 34.3 Å². The van der Waals surface area contributed by atoms with Gasteiger partial charge < -0.3 is 14.9 Å². The largest absolute Gasteiger partial charge is 0.392 e. The number of rotatable bonds is 3. The number of aliphatic hydroxyl groups is 2. The summed E-state index contributed by atoms with van der Waals surface area (Å²) in [6.07, 6.45) is 8.56. The molecule has 5 rings (SSSR count). The van der Waals surface area contributed by atoms with Crippen LogP contribution in [0.1, 0.15) is 103 Å². The lowest BCUT2D eigenvalue weighted by Crippen LogP contribution is -2.51. The van der Waals surface area contributed by atoms with Gasteiger partial charge in [0, 0.05) is 32.9 Å². The van der Waals surface area contributed by atoms with Crippen molar-refractivity contribution in [2.24, 2.45) is 23.7 Å². The predicted molar refractivity (Wildman–Crippen MR) is 160 cm³/mol. The van der Waals surface area contributed by atoms with E-state index in [9.17, 15) is 15.0 Å². The molecule has 8 atom stereocenters. The summed E-state index contributed by atoms with van der Waals surface area (Å²) in [4.78, 5) is 14.6. The first-order chi connectivity index (χ1) is 17.9. The van der Waals surface area contributed by atoms with E-state index in [4.69, 9.17) is 4.74 Å². The number of aryl methyl sites for hydroxylation is 2. The minimum absolute atomic E-state index is 0.0836. The molecule has 1 aliphatic heterocycles. The smallest absolute Gasteiger partial charge is 0.160 e. The first-order valence-electron chi connectivity index (χ1n) is 14.2. The van der Waals surface area contributed by atoms with Crippen molar-refractivity contribution in [2.45, 2.75) is 110 Å². The average molecular weight is 561 g/mol. The topological polar surface area (TPSA) is 66.8 Å². The molecule has 0 radical (unpaired) electrons. The number of carbonyl (C=O) groups is 1. The first kappa shape index (κ1) is 31.2. The van der Waals surface area contributed by atoms with Crippen LogP contribution in [-0.2, 0) is 4.74 Å². The van der Waals surface area contributed by atoms with Gasteiger partial charge in [-0.1, -0.05) is 32.4 Å². The van der Waals surface area contributed by atoms with Crippen molar-refractivity contribution in [3.05, 3.63) is 55.9 Å². The molecule has 0 bridgehead atoms. The van der Waals surface area contributed by atoms with Gasteiger partial charge in [0.05, 0.1) is 28.8 Å². The van der Waals surface area contributed by atoms with E-state index in [0.29, 0.717) is 17.8 Å². The Bertz CT molecular complexity index is 1040. The molecule has 8 unspecified atom stereocenters. The number of ether oxygens (including phenoxy) is 1. The third-order valence-electron chi connectivity index (χ3n) is 8.46. The van der Waals surface area contributed by atoms with E-state index in [1.807, 2.05) is 32.9 Å². The molecule has 2 aliphatic carbocycles. The van der Waals surface area contributed by atoms with E-state index < -0.39 is 5.60 Å². The maximum Gasteiger partial charge on any atom is 0.160 e. The molecular weight excluding hydrogens is 512 g/mol. The summed E-state index contributed by atoms with van der Waals surface area (Å²) < 4.78 is 6.35. The maximum absolute atomic E-state index is 10.8. The minimum atomic E-state index is -0.578. The van der Waals surface area contributed by atoms with Gasteiger partial charge in [0.1, 0.15) is 0 Å². The summed E-state index contributed by atoms with van der Waals surface area (Å²) in [6.45, 7) is 16.5. The Balaban J connectivity index is 0.000000178. The summed E-state index contributed by atoms with van der Waals surface area (Å²) >= 11 is 3.32. The number of hydrogen-bond acceptors (Lipinski definition) is 6. The van der Waals surface area contributed by atoms with Crippen LogP contribution in [0.3, 0.4) is 0 Å². The highest BCUT2D eigenvalue weighted by molar-refractivity contribution is 7.13. The zero-order valence-corrected chi connectivity index (χ0v) is 25.7. The summed E-state index contributed by atoms with van der Waals surface area (Å²) in [5.74, 6) is 2.11. The van der Waals surface area contributed by atoms with E-state index in [1.54, 1.807) is 11.3 Å². The van der Waals surface area contributed by atoms with Crippen LogP contribution in [0.5, 0.6) is 0 Å². The van der Waals surface area contributed by atoms with Crippen molar-refractivity contribution in [1.29, 1.82) is 0 Å². The third kappa shape index (κ3) is 8.59. The molecule has 0 spiro atoms. The molecule has 3 heterocycles. The highest BCUT2D eigenvalue weighted by Gasteiger charge is 2.48. The lowest BCUT2D eigenvalue weighted by Gasteiger charge is -2.49. The van der Waals surface area contributed by atoms with Crippen molar-refractivity contribution in [1.82, 2.24) is 0 Å². The van der Waals surface area contributed by atoms with Gasteiger partial charge in [-0.15, -0.1) is 22.7 Å². The molecule has 0 amide bonds. The van der Waals surface area contributed by atoms with Crippen molar-refractivity contribution in [2.75, 3.05) is 0 Å². The molecular formula is C32H48O4S2. The Hall–Kier alpha value is -1.31. The van der Waals surface area contributed by atoms with Gasteiger partial charge >= 0.3 is 0 Å². The Kier molecular flexibility index (Phi) is 11.4. The number of hydrogen-bond donors (Lipinski definition) is 2. The number of thiophene rings is 2. The lowest BCUT2D eigenvalue weighted by atomic mass is 9.69. The molecule has 38 heavy (non-hydrogen) atoms. The normalized spacial score (nSPS) is 34.6. The van der Waals surface area contributed by atoms with Gasteiger partial charge in [-0.25, -0.2) is 0 Å². The van der Waals surface area contributed by atoms with Gasteiger partial charge in [0.2, 0.25) is 0 Å². The van der Waals surface area contributed by atoms with E-state index in [2.05, 4.69) is 39.5 Å². The third-order valence-corrected chi connectivity index (χ3v) is 10.5. The van der Waals surface area contributed by atoms with Gasteiger partial charge in [-0.3, -0.25) is 4.79 Å². The monoisotopic (exact) mass is 560 g/mol. The molecule has 2 aromatic heterocycles. The second-order valence-corrected chi connectivity index (χ2v) is 14.8. The molecule has 2 N–H and O–H groups in total. The Labute approximate surface area is 238 Å². The van der Waals surface area contributed by atoms with E-state index in [1.165, 1.54) is 38.8 Å². The van der Waals surface area contributed by atoms with Crippen LogP contribution < -0.4 is 0 Å². The fourth-order valence-corrected chi connectivity index (χ4v) is 7.82. The van der Waals surface area contributed by atoms with Crippen molar-refractivity contribution in [3.8, 4) is 0 Å². The highest BCUT2D eigenvalue weighted by Crippen LogP contribution is 2.48. The molecule has 4 nitrogen and oxygen atoms in total. The SMILES string of the molecule is C=C(C)C1CCC(C)CC1O.Cc1ccc(C2CC(C)(O)C3CCC(C)CC3O2)s1.Cc1ccc(C=O)s1. The maximum atomic E-state index is 10.8. The van der Waals surface area contributed by atoms with E-state index >= 15 is 0 Å². The summed E-state index contributed by atoms with van der Waals surface area (Å²) in [6, 6.07) is 8.07. The molecule has 2 aromatic rings. The second-order valence-electron chi connectivity index (χ2n) is 12.2. The quantitative estimate of drug-likeness (QED) is 0.293. The van der Waals surface area contributed by atoms with Crippen molar-refractivity contribution >= 4 is 29.0 Å². The number of aldehydes is 1. The van der Waals surface area contributed by atoms with Crippen LogP contribution in [0.25, 0.3) is 0 Å². The molecule has 3 fully saturated rings. The molecule has 212 valence electrons. The molecule has 6 heteroatoms. The minimum Gasteiger partial charge on any atom is -0.392 e. The van der Waals surface area contributed by atoms with Crippen LogP contribution in [0, 0.1) is 37.5 Å². The van der Waals surface area contributed by atoms with Crippen LogP contribution in [0.2, 0.25) is 0 Å². The van der Waals surface area contributed by atoms with Gasteiger partial charge in [0.25, 0.3) is 0 Å². The van der Waals surface area contributed by atoms with Crippen LogP contribution in [0.4, 0.5) is 0 Å². The van der Waals surface area contributed by atoms with Gasteiger partial charge in [-0.2, -0.15) is 0 Å². The highest BCUT2D eigenvalue weighted by atomic mass is 32.1. The Morgan fingerprint density at radius 3 is 2.18 bits per heavy atom. The molecule has 0 aromatic carbocycles. The zero-order valence-electron chi connectivity index (χ0n) is 24.1. The summed E-state index contributed by atoms with van der Waals surface area (Å²) in [5, 5.41) is 20.5. The molecule has 1 saturated heterocycles. The Morgan fingerprint density at radius 1 is 1.03 bits per heavy atom. The van der Waals surface area contributed by atoms with Crippen molar-refractivity contribution in [3.63, 3.8) is 0 Å². The standard InChI is InChI=1S/C16H24O2S.C10H18O.C6H6OS/c1-10-4-6-12-13(8-10)18-14(9-16(12,3)17)15-7-5-11(2)19-15;1-7(2)9-5-4-8(3)6-10(9)11;1-5-2-3-6(4-7)8-5/h5,7,10,12-14,17H,4,6,8-9H2,1-3H3;8-11H,1,4-6H2,2-3H3;2-4H,1H3. The second kappa shape index (κ2) is 13.8. The summed E-state index contributed by atoms with van der Waals surface area (Å²) in [7, 11) is 0. The van der Waals surface area contributed by atoms with Crippen LogP contribution in [0.15, 0.2) is 36.4 Å². The molecule has 2 saturated carbocycles. The van der Waals surface area contributed by atoms with E-state index in [-0.39, 0.29) is 18.3 Å². The fourth-order valence-electron chi connectivity index (χ4n) is 6.21. The zero-order chi connectivity index (χ0) is 28.0. The van der Waals surface area contributed by atoms with Crippen LogP contribution >= 0.6 is 22.7 Å². The molecule has 3 aliphatic rings. The Morgan fingerprint density at radius 2 is 1.66 bits per heavy atom. The summed E-state index contributed by atoms with van der Waals surface area (Å²) in [5.41, 5.74) is 0.565. The number of fused-ring (bicyclic) bond motifs is 1. The van der Waals surface area contributed by atoms with Crippen molar-refractivity contribution < 1.29 is 19.7 Å². The predicted octanol–water partition coefficient (Wildman–Crippen LogP) is 8.30. The number of aliphatic hydroxyl groups excluding tert-OH is 1. The average Bonchev–Trinajstić information content (AvgIpc) is 3.46.